The van der Waals surface area contributed by atoms with Crippen LogP contribution >= 0.6 is 35.0 Å². The van der Waals surface area contributed by atoms with Gasteiger partial charge in [0, 0.05) is 155 Å². The normalized spacial score (nSPS) is 18.1. The molecule has 1 aliphatic carbocycles. The quantitative estimate of drug-likeness (QED) is 0.0733. The molecule has 5 saturated heterocycles. The van der Waals surface area contributed by atoms with Gasteiger partial charge in [-0.25, -0.2) is 0 Å². The molecule has 2 N–H and O–H groups in total. The lowest BCUT2D eigenvalue weighted by Crippen LogP contribution is -2.49. The Bertz CT molecular complexity index is 6250. The van der Waals surface area contributed by atoms with Crippen molar-refractivity contribution in [2.45, 2.75) is 150 Å². The lowest BCUT2D eigenvalue weighted by molar-refractivity contribution is -0.169. The zero-order chi connectivity index (χ0) is 92.4. The first-order chi connectivity index (χ1) is 64.5. The van der Waals surface area contributed by atoms with Gasteiger partial charge in [0.1, 0.15) is 11.2 Å². The van der Waals surface area contributed by atoms with Gasteiger partial charge in [0.2, 0.25) is 23.6 Å². The predicted molar refractivity (Wildman–Crippen MR) is 513 cm³/mol. The second-order valence-corrected chi connectivity index (χ2v) is 37.3. The third-order valence-electron chi connectivity index (χ3n) is 27.7. The number of nitrogens with zero attached hydrogens (tertiary/aromatic N) is 6. The minimum absolute atomic E-state index is 0.00264. The first kappa shape index (κ1) is 92.1. The largest absolute Gasteiger partial charge is 0.454 e. The van der Waals surface area contributed by atoms with Crippen molar-refractivity contribution >= 4 is 123 Å². The molecule has 7 amide bonds. The molecular weight excluding hydrogens is 1740 g/mol. The molecule has 10 heterocycles. The van der Waals surface area contributed by atoms with E-state index in [2.05, 4.69) is 101 Å². The molecule has 133 heavy (non-hydrogen) atoms. The number of rotatable bonds is 10. The van der Waals surface area contributed by atoms with Gasteiger partial charge in [-0.1, -0.05) is 180 Å². The molecule has 5 fully saturated rings. The van der Waals surface area contributed by atoms with Crippen LogP contribution in [0.3, 0.4) is 0 Å². The number of esters is 2. The molecule has 9 aliphatic heterocycles. The van der Waals surface area contributed by atoms with Crippen LogP contribution in [-0.2, 0) is 108 Å². The fourth-order valence-corrected chi connectivity index (χ4v) is 21.4. The summed E-state index contributed by atoms with van der Waals surface area (Å²) in [4.78, 5) is 121. The van der Waals surface area contributed by atoms with Crippen molar-refractivity contribution in [1.82, 2.24) is 29.7 Å². The number of amides is 7. The van der Waals surface area contributed by atoms with Crippen LogP contribution in [0.5, 0.6) is 0 Å². The second-order valence-electron chi connectivity index (χ2n) is 35.6. The van der Waals surface area contributed by atoms with Crippen LogP contribution in [-0.4, -0.2) is 155 Å². The number of anilines is 2. The summed E-state index contributed by atoms with van der Waals surface area (Å²) in [5.41, 5.74) is 16.3. The van der Waals surface area contributed by atoms with Gasteiger partial charge in [0.25, 0.3) is 17.7 Å². The summed E-state index contributed by atoms with van der Waals surface area (Å²) in [6, 6.07) is 76.4. The molecule has 11 aromatic rings. The number of ether oxygens (including phenoxy) is 4. The van der Waals surface area contributed by atoms with Crippen LogP contribution in [0.1, 0.15) is 182 Å². The topological polar surface area (TPSA) is 257 Å². The number of halogens is 2. The number of likely N-dealkylation sites (tertiary alicyclic amines) is 5. The molecule has 10 aliphatic rings. The van der Waals surface area contributed by atoms with E-state index in [1.807, 2.05) is 112 Å². The molecule has 5 spiro atoms. The maximum atomic E-state index is 13.0. The van der Waals surface area contributed by atoms with Crippen molar-refractivity contribution in [1.29, 1.82) is 0 Å². The van der Waals surface area contributed by atoms with Gasteiger partial charge in [0.05, 0.1) is 42.6 Å². The molecule has 0 radical (unpaired) electrons. The van der Waals surface area contributed by atoms with Crippen molar-refractivity contribution in [2.75, 3.05) is 82.3 Å². The van der Waals surface area contributed by atoms with Gasteiger partial charge in [-0.15, -0.1) is 11.8 Å². The lowest BCUT2D eigenvalue weighted by Gasteiger charge is -2.44. The van der Waals surface area contributed by atoms with Crippen molar-refractivity contribution in [3.8, 4) is 0 Å². The van der Waals surface area contributed by atoms with E-state index in [4.69, 9.17) is 46.7 Å². The van der Waals surface area contributed by atoms with E-state index in [-0.39, 0.29) is 69.9 Å². The Morgan fingerprint density at radius 1 is 0.406 bits per heavy atom. The molecule has 0 unspecified atom stereocenters. The summed E-state index contributed by atoms with van der Waals surface area (Å²) in [5.74, 6) is -0.699. The summed E-state index contributed by atoms with van der Waals surface area (Å²) < 4.78 is 29.2. The highest BCUT2D eigenvalue weighted by Crippen LogP contribution is 2.50. The van der Waals surface area contributed by atoms with Crippen LogP contribution in [0.4, 0.5) is 11.4 Å². The Kier molecular flexibility index (Phi) is 27.9. The Morgan fingerprint density at radius 2 is 0.805 bits per heavy atom. The minimum atomic E-state index is -0.630. The molecule has 0 saturated carbocycles. The number of benzene rings is 10. The summed E-state index contributed by atoms with van der Waals surface area (Å²) in [6.07, 6.45) is 19.8. The summed E-state index contributed by atoms with van der Waals surface area (Å²) in [5, 5.41) is 11.2. The smallest absolute Gasteiger partial charge is 0.311 e. The van der Waals surface area contributed by atoms with E-state index in [1.54, 1.807) is 107 Å². The van der Waals surface area contributed by atoms with Crippen molar-refractivity contribution < 1.29 is 66.6 Å². The number of piperidine rings is 5. The number of nitrogens with one attached hydrogen (secondary N) is 2. The highest BCUT2D eigenvalue weighted by atomic mass is 35.5. The Labute approximate surface area is 788 Å². The first-order valence-corrected chi connectivity index (χ1v) is 47.6. The van der Waals surface area contributed by atoms with E-state index in [1.165, 1.54) is 58.5 Å². The van der Waals surface area contributed by atoms with Crippen molar-refractivity contribution in [2.24, 2.45) is 0 Å². The molecule has 0 atom stereocenters. The van der Waals surface area contributed by atoms with Gasteiger partial charge in [-0.05, 0) is 227 Å². The average Bonchev–Trinajstić information content (AvgIpc) is 1.74. The van der Waals surface area contributed by atoms with E-state index in [0.717, 1.165) is 110 Å². The number of fused-ring (bicyclic) bond motifs is 11. The van der Waals surface area contributed by atoms with Crippen molar-refractivity contribution in [3.63, 3.8) is 0 Å². The molecule has 10 aromatic carbocycles. The Balaban J connectivity index is 0.000000116. The van der Waals surface area contributed by atoms with Gasteiger partial charge >= 0.3 is 11.9 Å². The fourth-order valence-electron chi connectivity index (χ4n) is 20.5. The third-order valence-corrected chi connectivity index (χ3v) is 29.0. The Hall–Kier alpha value is -12.8. The first-order valence-electron chi connectivity index (χ1n) is 45.6. The lowest BCUT2D eigenvalue weighted by atomic mass is 9.74. The number of hydrogen-bond acceptors (Lipinski definition) is 16. The molecule has 1 aromatic heterocycles. The van der Waals surface area contributed by atoms with Crippen LogP contribution in [0.25, 0.3) is 23.1 Å². The zero-order valence-corrected chi connectivity index (χ0v) is 77.1. The molecule has 682 valence electrons. The number of para-hydroxylation sites is 1. The molecule has 21 rings (SSSR count). The SMILES string of the molecule is CC(=O)Nc1ccc(C(=O)N2CCC3(CC2)OC(=O)Cc2ccccc23)cc1.CC(=O)Nc1ccc(C(=O)N2CCC3(CCc4ccccc43)CC2)cc1.CSc1ccc(/C=C/C(=O)N2CCC3(CC2)OCc2ccccc23)cc1.O=C(/C=C/c1ccc(Cl)cc1Cl)N1CCC2(CC1)OCc1ccccc12.O=C1Cc2ccccc2C2(CCN(C(=O)c3noc4ccccc34)CC2)O1. The monoisotopic (exact) mass is 1840 g/mol. The molecular formula is C108H106Cl2N8O14S. The van der Waals surface area contributed by atoms with Crippen LogP contribution in [0, 0.1) is 0 Å². The molecule has 0 bridgehead atoms. The van der Waals surface area contributed by atoms with E-state index >= 15 is 0 Å². The number of aryl methyl sites for hydroxylation is 1. The summed E-state index contributed by atoms with van der Waals surface area (Å²) >= 11 is 13.8. The number of hydrogen-bond donors (Lipinski definition) is 2. The highest BCUT2D eigenvalue weighted by molar-refractivity contribution is 7.98. The van der Waals surface area contributed by atoms with Crippen molar-refractivity contribution in [3.05, 3.63) is 342 Å². The third kappa shape index (κ3) is 20.4. The van der Waals surface area contributed by atoms with Gasteiger partial charge in [0.15, 0.2) is 11.3 Å². The predicted octanol–water partition coefficient (Wildman–Crippen LogP) is 19.2. The standard InChI is InChI=1S/C22H22N2O4.C22H24N2O2.C22H23NO2S.C21H19Cl2NO2.C21H18N2O4/c1-15(25)23-18-8-6-16(7-9-18)21(27)24-12-10-22(11-13-24)19-5-3-2-4-17(19)14-20(26)28-22;1-16(25)23-19-8-6-18(7-9-19)21(26)24-14-12-22(13-15-24)11-10-17-4-2-3-5-20(17)22;1-26-19-9-6-17(7-10-19)8-11-21(24)23-14-12-22(13-15-23)20-5-3-2-4-18(20)16-25-22;22-17-7-5-15(19(23)13-17)6-8-20(25)24-11-9-21(10-12-24)18-4-2-1-3-16(18)14-26-21;24-18-13-14-5-1-3-7-16(14)21(26-18)9-11-23(12-10-21)20(25)19-15-6-2-4-8-17(15)27-22-19/h2-9H,10-14H2,1H3,(H,23,25);2-9H,10-15H2,1H3,(H,23,25);2-11H,12-16H2,1H3;1-8,13H,9-12,14H2;1-8H,9-13H2/b;;11-8+;8-6+;. The zero-order valence-electron chi connectivity index (χ0n) is 74.8. The summed E-state index contributed by atoms with van der Waals surface area (Å²) in [6.45, 7) is 10.8. The van der Waals surface area contributed by atoms with E-state index in [9.17, 15) is 43.2 Å². The van der Waals surface area contributed by atoms with Gasteiger partial charge in [-0.3, -0.25) is 43.2 Å². The molecule has 22 nitrogen and oxygen atoms in total. The number of carbonyl (C=O) groups excluding carboxylic acids is 9. The van der Waals surface area contributed by atoms with Gasteiger partial charge < -0.3 is 58.6 Å². The number of carbonyl (C=O) groups is 9. The maximum absolute atomic E-state index is 13.0. The number of aromatic nitrogens is 1. The van der Waals surface area contributed by atoms with Gasteiger partial charge in [-0.2, -0.15) is 0 Å². The Morgan fingerprint density at radius 3 is 1.27 bits per heavy atom. The second kappa shape index (κ2) is 40.4. The highest BCUT2D eigenvalue weighted by Gasteiger charge is 2.49. The fraction of sp³-hybridized carbons (Fsp3) is 0.315. The number of thioether (sulfide) groups is 1. The summed E-state index contributed by atoms with van der Waals surface area (Å²) in [7, 11) is 0. The molecule has 25 heteroatoms. The van der Waals surface area contributed by atoms with Crippen LogP contribution in [0.15, 0.2) is 258 Å². The average molecular weight is 1840 g/mol. The van der Waals surface area contributed by atoms with Crippen LogP contribution < -0.4 is 10.6 Å². The van der Waals surface area contributed by atoms with E-state index < -0.39 is 11.2 Å². The van der Waals surface area contributed by atoms with E-state index in [0.29, 0.717) is 135 Å². The van der Waals surface area contributed by atoms with Crippen LogP contribution in [0.2, 0.25) is 10.0 Å². The maximum Gasteiger partial charge on any atom is 0.311 e. The minimum Gasteiger partial charge on any atom is -0.454 e.